The Morgan fingerprint density at radius 1 is 1.50 bits per heavy atom. The average molecular weight is 232 g/mol. The molecule has 0 saturated heterocycles. The minimum atomic E-state index is -2.96. The van der Waals surface area contributed by atoms with E-state index in [0.29, 0.717) is 0 Å². The normalized spacial score (nSPS) is 10.1. The van der Waals surface area contributed by atoms with E-state index in [-0.39, 0.29) is 17.0 Å². The molecule has 0 radical (unpaired) electrons. The highest BCUT2D eigenvalue weighted by atomic mass is 19.3. The fourth-order valence-electron chi connectivity index (χ4n) is 1.09. The van der Waals surface area contributed by atoms with Crippen LogP contribution in [-0.2, 0) is 4.74 Å². The number of hydrogen-bond acceptors (Lipinski definition) is 5. The van der Waals surface area contributed by atoms with E-state index >= 15 is 0 Å². The first kappa shape index (κ1) is 12.2. The van der Waals surface area contributed by atoms with E-state index < -0.39 is 12.6 Å². The number of rotatable bonds is 4. The number of esters is 1. The number of hydrazine groups is 1. The maximum atomic E-state index is 12.0. The van der Waals surface area contributed by atoms with Crippen LogP contribution in [0.3, 0.4) is 0 Å². The molecule has 5 nitrogen and oxygen atoms in total. The lowest BCUT2D eigenvalue weighted by molar-refractivity contribution is -0.0493. The summed E-state index contributed by atoms with van der Waals surface area (Å²) in [6, 6.07) is 3.75. The van der Waals surface area contributed by atoms with Crippen molar-refractivity contribution in [1.82, 2.24) is 0 Å². The van der Waals surface area contributed by atoms with Gasteiger partial charge in [0.05, 0.1) is 18.4 Å². The largest absolute Gasteiger partial charge is 0.465 e. The lowest BCUT2D eigenvalue weighted by Gasteiger charge is -2.10. The Bertz CT molecular complexity index is 385. The van der Waals surface area contributed by atoms with Gasteiger partial charge >= 0.3 is 12.6 Å². The number of hydrogen-bond donors (Lipinski definition) is 2. The number of ether oxygens (including phenoxy) is 2. The first-order valence-electron chi connectivity index (χ1n) is 4.22. The van der Waals surface area contributed by atoms with Gasteiger partial charge in [0.1, 0.15) is 0 Å². The lowest BCUT2D eigenvalue weighted by Crippen LogP contribution is -2.12. The van der Waals surface area contributed by atoms with Crippen LogP contribution in [0.15, 0.2) is 18.2 Å². The smallest absolute Gasteiger partial charge is 0.387 e. The molecule has 0 spiro atoms. The Morgan fingerprint density at radius 2 is 2.19 bits per heavy atom. The van der Waals surface area contributed by atoms with Gasteiger partial charge in [-0.05, 0) is 18.2 Å². The third-order valence-corrected chi connectivity index (χ3v) is 1.77. The number of anilines is 1. The molecule has 0 aromatic heterocycles. The van der Waals surface area contributed by atoms with Crippen LogP contribution in [-0.4, -0.2) is 19.7 Å². The number of nitrogens with two attached hydrogens (primary N) is 1. The second kappa shape index (κ2) is 5.26. The van der Waals surface area contributed by atoms with Crippen molar-refractivity contribution in [2.75, 3.05) is 12.5 Å². The molecule has 1 aromatic carbocycles. The van der Waals surface area contributed by atoms with Gasteiger partial charge < -0.3 is 14.9 Å². The number of carbonyl (C=O) groups is 1. The molecule has 1 rings (SSSR count). The highest BCUT2D eigenvalue weighted by Crippen LogP contribution is 2.26. The van der Waals surface area contributed by atoms with Gasteiger partial charge in [0, 0.05) is 0 Å². The molecule has 0 fully saturated rings. The Hall–Kier alpha value is -1.89. The predicted molar refractivity (Wildman–Crippen MR) is 52.2 cm³/mol. The molecule has 0 amide bonds. The van der Waals surface area contributed by atoms with E-state index in [4.69, 9.17) is 5.84 Å². The summed E-state index contributed by atoms with van der Waals surface area (Å²) in [6.45, 7) is -2.96. The van der Waals surface area contributed by atoms with Crippen molar-refractivity contribution >= 4 is 11.7 Å². The summed E-state index contributed by atoms with van der Waals surface area (Å²) in [7, 11) is 1.21. The number of alkyl halides is 2. The monoisotopic (exact) mass is 232 g/mol. The van der Waals surface area contributed by atoms with Crippen LogP contribution in [0.2, 0.25) is 0 Å². The highest BCUT2D eigenvalue weighted by molar-refractivity contribution is 5.91. The fraction of sp³-hybridized carbons (Fsp3) is 0.222. The zero-order chi connectivity index (χ0) is 12.1. The summed E-state index contributed by atoms with van der Waals surface area (Å²) in [4.78, 5) is 11.1. The van der Waals surface area contributed by atoms with Crippen LogP contribution in [0.1, 0.15) is 10.4 Å². The topological polar surface area (TPSA) is 73.6 Å². The van der Waals surface area contributed by atoms with Gasteiger partial charge in [-0.25, -0.2) is 4.79 Å². The minimum absolute atomic E-state index is 0.0724. The Kier molecular flexibility index (Phi) is 4.01. The zero-order valence-corrected chi connectivity index (χ0v) is 8.37. The second-order valence-corrected chi connectivity index (χ2v) is 2.73. The Balaban J connectivity index is 3.01. The third kappa shape index (κ3) is 2.80. The second-order valence-electron chi connectivity index (χ2n) is 2.73. The van der Waals surface area contributed by atoms with Gasteiger partial charge in [-0.15, -0.1) is 0 Å². The van der Waals surface area contributed by atoms with Crippen molar-refractivity contribution < 1.29 is 23.0 Å². The first-order valence-corrected chi connectivity index (χ1v) is 4.22. The number of nitrogens with one attached hydrogen (secondary N) is 1. The summed E-state index contributed by atoms with van der Waals surface area (Å²) < 4.78 is 32.6. The molecule has 0 aliphatic rings. The van der Waals surface area contributed by atoms with Gasteiger partial charge in [-0.2, -0.15) is 8.78 Å². The van der Waals surface area contributed by atoms with Crippen LogP contribution in [0, 0.1) is 0 Å². The molecule has 0 aliphatic carbocycles. The summed E-state index contributed by atoms with van der Waals surface area (Å²) in [5, 5.41) is 0. The molecule has 0 atom stereocenters. The van der Waals surface area contributed by atoms with Crippen LogP contribution >= 0.6 is 0 Å². The first-order chi connectivity index (χ1) is 7.58. The number of benzene rings is 1. The summed E-state index contributed by atoms with van der Waals surface area (Å²) >= 11 is 0. The average Bonchev–Trinajstić information content (AvgIpc) is 2.27. The summed E-state index contributed by atoms with van der Waals surface area (Å²) in [6.07, 6.45) is 0. The molecule has 1 aromatic rings. The van der Waals surface area contributed by atoms with E-state index in [1.54, 1.807) is 0 Å². The van der Waals surface area contributed by atoms with E-state index in [2.05, 4.69) is 14.9 Å². The van der Waals surface area contributed by atoms with Gasteiger partial charge in [-0.1, -0.05) is 0 Å². The number of methoxy groups -OCH3 is 1. The summed E-state index contributed by atoms with van der Waals surface area (Å²) in [5.41, 5.74) is 2.40. The molecule has 3 N–H and O–H groups in total. The van der Waals surface area contributed by atoms with Crippen molar-refractivity contribution in [3.63, 3.8) is 0 Å². The molecule has 0 unspecified atom stereocenters. The lowest BCUT2D eigenvalue weighted by atomic mass is 10.2. The quantitative estimate of drug-likeness (QED) is 0.466. The molecule has 0 saturated carbocycles. The van der Waals surface area contributed by atoms with Gasteiger partial charge in [-0.3, -0.25) is 5.84 Å². The molecule has 7 heteroatoms. The van der Waals surface area contributed by atoms with Crippen LogP contribution < -0.4 is 16.0 Å². The van der Waals surface area contributed by atoms with E-state index in [1.165, 1.54) is 25.3 Å². The number of carbonyl (C=O) groups excluding carboxylic acids is 1. The Labute approximate surface area is 90.1 Å². The molecular formula is C9H10F2N2O3. The number of halogens is 2. The molecule has 88 valence electrons. The third-order valence-electron chi connectivity index (χ3n) is 1.77. The molecular weight excluding hydrogens is 222 g/mol. The van der Waals surface area contributed by atoms with Crippen molar-refractivity contribution in [2.24, 2.45) is 5.84 Å². The summed E-state index contributed by atoms with van der Waals surface area (Å²) in [5.74, 6) is 4.36. The van der Waals surface area contributed by atoms with Crippen molar-refractivity contribution in [2.45, 2.75) is 6.61 Å². The van der Waals surface area contributed by atoms with Gasteiger partial charge in [0.2, 0.25) is 0 Å². The van der Waals surface area contributed by atoms with E-state index in [9.17, 15) is 13.6 Å². The van der Waals surface area contributed by atoms with Gasteiger partial charge in [0.25, 0.3) is 0 Å². The molecule has 0 heterocycles. The highest BCUT2D eigenvalue weighted by Gasteiger charge is 2.12. The SMILES string of the molecule is COC(=O)c1ccc(OC(F)F)c(NN)c1. The number of nitrogen functional groups attached to an aromatic ring is 1. The Morgan fingerprint density at radius 3 is 2.69 bits per heavy atom. The maximum absolute atomic E-state index is 12.0. The van der Waals surface area contributed by atoms with E-state index in [1.807, 2.05) is 0 Å². The van der Waals surface area contributed by atoms with Crippen molar-refractivity contribution in [1.29, 1.82) is 0 Å². The van der Waals surface area contributed by atoms with Crippen LogP contribution in [0.4, 0.5) is 14.5 Å². The molecule has 0 aliphatic heterocycles. The van der Waals surface area contributed by atoms with Crippen molar-refractivity contribution in [3.05, 3.63) is 23.8 Å². The standard InChI is InChI=1S/C9H10F2N2O3/c1-15-8(14)5-2-3-7(16-9(10)11)6(4-5)13-12/h2-4,9,13H,12H2,1H3. The van der Waals surface area contributed by atoms with Crippen LogP contribution in [0.5, 0.6) is 5.75 Å². The van der Waals surface area contributed by atoms with E-state index in [0.717, 1.165) is 0 Å². The van der Waals surface area contributed by atoms with Crippen LogP contribution in [0.25, 0.3) is 0 Å². The fourth-order valence-corrected chi connectivity index (χ4v) is 1.09. The van der Waals surface area contributed by atoms with Gasteiger partial charge in [0.15, 0.2) is 5.75 Å². The van der Waals surface area contributed by atoms with Crippen molar-refractivity contribution in [3.8, 4) is 5.75 Å². The zero-order valence-electron chi connectivity index (χ0n) is 8.37. The molecule has 16 heavy (non-hydrogen) atoms. The molecule has 0 bridgehead atoms. The maximum Gasteiger partial charge on any atom is 0.387 e. The predicted octanol–water partition coefficient (Wildman–Crippen LogP) is 1.36. The minimum Gasteiger partial charge on any atom is -0.465 e.